The second-order valence-corrected chi connectivity index (χ2v) is 4.84. The van der Waals surface area contributed by atoms with Gasteiger partial charge in [-0.05, 0) is 43.0 Å². The van der Waals surface area contributed by atoms with Gasteiger partial charge in [0, 0.05) is 12.2 Å². The van der Waals surface area contributed by atoms with Crippen molar-refractivity contribution in [3.8, 4) is 0 Å². The first-order chi connectivity index (χ1) is 9.84. The van der Waals surface area contributed by atoms with E-state index in [2.05, 4.69) is 15.3 Å². The molecule has 0 aliphatic heterocycles. The predicted molar refractivity (Wildman–Crippen MR) is 75.9 cm³/mol. The standard InChI is InChI=1S/C13H16F3N5/c14-13(15,16)9-3-5-10(6-4-9)20-12(18)21-11(17)19-7-8-1-2-8/h3-6,8H,1-2,7H2,(H5,17,18,19,20,21). The van der Waals surface area contributed by atoms with Crippen LogP contribution >= 0.6 is 0 Å². The first-order valence-electron chi connectivity index (χ1n) is 6.43. The van der Waals surface area contributed by atoms with Gasteiger partial charge in [0.05, 0.1) is 5.56 Å². The lowest BCUT2D eigenvalue weighted by Gasteiger charge is -2.09. The lowest BCUT2D eigenvalue weighted by atomic mass is 10.2. The first kappa shape index (κ1) is 15.1. The summed E-state index contributed by atoms with van der Waals surface area (Å²) in [4.78, 5) is 7.88. The average Bonchev–Trinajstić information content (AvgIpc) is 3.19. The third kappa shape index (κ3) is 4.97. The Hall–Kier alpha value is -2.25. The highest BCUT2D eigenvalue weighted by molar-refractivity contribution is 6.00. The van der Waals surface area contributed by atoms with Crippen LogP contribution in [0.1, 0.15) is 18.4 Å². The Labute approximate surface area is 119 Å². The maximum absolute atomic E-state index is 12.4. The third-order valence-corrected chi connectivity index (χ3v) is 2.93. The number of halogens is 3. The maximum Gasteiger partial charge on any atom is 0.416 e. The molecule has 0 heterocycles. The van der Waals surface area contributed by atoms with Gasteiger partial charge in [-0.25, -0.2) is 0 Å². The van der Waals surface area contributed by atoms with Gasteiger partial charge < -0.3 is 16.8 Å². The molecule has 21 heavy (non-hydrogen) atoms. The predicted octanol–water partition coefficient (Wildman–Crippen LogP) is 2.16. The molecule has 1 aliphatic carbocycles. The SMILES string of the molecule is NC(=NCC1CC1)/N=C(/N)Nc1ccc(C(F)(F)F)cc1. The Morgan fingerprint density at radius 2 is 1.81 bits per heavy atom. The van der Waals surface area contributed by atoms with E-state index in [1.807, 2.05) is 0 Å². The summed E-state index contributed by atoms with van der Waals surface area (Å²) < 4.78 is 37.2. The van der Waals surface area contributed by atoms with E-state index in [1.54, 1.807) is 0 Å². The number of nitrogens with zero attached hydrogens (tertiary/aromatic N) is 2. The van der Waals surface area contributed by atoms with Gasteiger partial charge in [0.15, 0.2) is 0 Å². The van der Waals surface area contributed by atoms with Crippen LogP contribution in [0.4, 0.5) is 18.9 Å². The molecule has 1 aliphatic rings. The zero-order chi connectivity index (χ0) is 15.5. The molecule has 1 aromatic rings. The molecule has 5 N–H and O–H groups in total. The number of rotatable bonds is 3. The van der Waals surface area contributed by atoms with E-state index in [-0.39, 0.29) is 11.9 Å². The normalized spacial score (nSPS) is 16.9. The minimum absolute atomic E-state index is 0.0215. The van der Waals surface area contributed by atoms with Crippen molar-refractivity contribution in [3.05, 3.63) is 29.8 Å². The van der Waals surface area contributed by atoms with Crippen LogP contribution in [-0.4, -0.2) is 18.5 Å². The Bertz CT molecular complexity index is 544. The Balaban J connectivity index is 1.95. The van der Waals surface area contributed by atoms with Crippen molar-refractivity contribution in [2.75, 3.05) is 11.9 Å². The van der Waals surface area contributed by atoms with Crippen LogP contribution in [0.5, 0.6) is 0 Å². The van der Waals surface area contributed by atoms with Crippen LogP contribution in [0.2, 0.25) is 0 Å². The Morgan fingerprint density at radius 3 is 2.33 bits per heavy atom. The molecule has 114 valence electrons. The number of hydrogen-bond acceptors (Lipinski definition) is 1. The molecule has 1 aromatic carbocycles. The van der Waals surface area contributed by atoms with E-state index in [0.717, 1.165) is 25.0 Å². The topological polar surface area (TPSA) is 88.8 Å². The number of benzene rings is 1. The van der Waals surface area contributed by atoms with Crippen LogP contribution in [-0.2, 0) is 6.18 Å². The van der Waals surface area contributed by atoms with E-state index in [0.29, 0.717) is 18.2 Å². The number of alkyl halides is 3. The van der Waals surface area contributed by atoms with Gasteiger partial charge in [-0.15, -0.1) is 0 Å². The van der Waals surface area contributed by atoms with Crippen LogP contribution in [0.3, 0.4) is 0 Å². The van der Waals surface area contributed by atoms with Crippen molar-refractivity contribution < 1.29 is 13.2 Å². The van der Waals surface area contributed by atoms with Crippen LogP contribution in [0.25, 0.3) is 0 Å². The van der Waals surface area contributed by atoms with Crippen molar-refractivity contribution in [2.45, 2.75) is 19.0 Å². The largest absolute Gasteiger partial charge is 0.416 e. The van der Waals surface area contributed by atoms with Gasteiger partial charge in [0.2, 0.25) is 11.9 Å². The molecule has 1 fully saturated rings. The summed E-state index contributed by atoms with van der Waals surface area (Å²) in [5.41, 5.74) is 10.8. The summed E-state index contributed by atoms with van der Waals surface area (Å²) in [6.07, 6.45) is -2.06. The van der Waals surface area contributed by atoms with Crippen molar-refractivity contribution in [3.63, 3.8) is 0 Å². The van der Waals surface area contributed by atoms with E-state index in [9.17, 15) is 13.2 Å². The van der Waals surface area contributed by atoms with Crippen molar-refractivity contribution in [2.24, 2.45) is 27.4 Å². The highest BCUT2D eigenvalue weighted by Crippen LogP contribution is 2.30. The number of hydrogen-bond donors (Lipinski definition) is 3. The van der Waals surface area contributed by atoms with Crippen molar-refractivity contribution in [1.82, 2.24) is 0 Å². The molecule has 2 rings (SSSR count). The van der Waals surface area contributed by atoms with Gasteiger partial charge in [0.25, 0.3) is 0 Å². The maximum atomic E-state index is 12.4. The van der Waals surface area contributed by atoms with Gasteiger partial charge >= 0.3 is 6.18 Å². The monoisotopic (exact) mass is 299 g/mol. The fourth-order valence-corrected chi connectivity index (χ4v) is 1.60. The molecule has 0 aromatic heterocycles. The van der Waals surface area contributed by atoms with Crippen molar-refractivity contribution >= 4 is 17.6 Å². The third-order valence-electron chi connectivity index (χ3n) is 2.93. The number of anilines is 1. The van der Waals surface area contributed by atoms with Crippen LogP contribution in [0, 0.1) is 5.92 Å². The van der Waals surface area contributed by atoms with Gasteiger partial charge in [0.1, 0.15) is 0 Å². The molecule has 0 unspecified atom stereocenters. The molecule has 8 heteroatoms. The van der Waals surface area contributed by atoms with E-state index in [1.165, 1.54) is 12.1 Å². The summed E-state index contributed by atoms with van der Waals surface area (Å²) in [7, 11) is 0. The molecule has 1 saturated carbocycles. The summed E-state index contributed by atoms with van der Waals surface area (Å²) in [5.74, 6) is 0.619. The van der Waals surface area contributed by atoms with Gasteiger partial charge in [-0.2, -0.15) is 18.2 Å². The van der Waals surface area contributed by atoms with Gasteiger partial charge in [-0.1, -0.05) is 0 Å². The molecular weight excluding hydrogens is 283 g/mol. The van der Waals surface area contributed by atoms with E-state index < -0.39 is 11.7 Å². The second-order valence-electron chi connectivity index (χ2n) is 4.84. The zero-order valence-corrected chi connectivity index (χ0v) is 11.2. The van der Waals surface area contributed by atoms with Crippen LogP contribution in [0.15, 0.2) is 34.3 Å². The molecular formula is C13H16F3N5. The number of guanidine groups is 2. The Morgan fingerprint density at radius 1 is 1.19 bits per heavy atom. The lowest BCUT2D eigenvalue weighted by molar-refractivity contribution is -0.137. The molecule has 5 nitrogen and oxygen atoms in total. The Kier molecular flexibility index (Phi) is 4.35. The minimum Gasteiger partial charge on any atom is -0.369 e. The summed E-state index contributed by atoms with van der Waals surface area (Å²) >= 11 is 0. The summed E-state index contributed by atoms with van der Waals surface area (Å²) in [5, 5.41) is 2.65. The summed E-state index contributed by atoms with van der Waals surface area (Å²) in [6, 6.07) is 4.45. The van der Waals surface area contributed by atoms with Crippen LogP contribution < -0.4 is 16.8 Å². The number of aliphatic imine (C=N–C) groups is 2. The number of nitrogens with two attached hydrogens (primary N) is 2. The molecule has 0 bridgehead atoms. The average molecular weight is 299 g/mol. The minimum atomic E-state index is -4.36. The number of nitrogens with one attached hydrogen (secondary N) is 1. The zero-order valence-electron chi connectivity index (χ0n) is 11.2. The molecule has 0 amide bonds. The first-order valence-corrected chi connectivity index (χ1v) is 6.43. The van der Waals surface area contributed by atoms with E-state index >= 15 is 0 Å². The second kappa shape index (κ2) is 6.02. The van der Waals surface area contributed by atoms with Crippen molar-refractivity contribution in [1.29, 1.82) is 0 Å². The molecule has 0 spiro atoms. The molecule has 0 saturated heterocycles. The van der Waals surface area contributed by atoms with E-state index in [4.69, 9.17) is 11.5 Å². The fourth-order valence-electron chi connectivity index (χ4n) is 1.60. The van der Waals surface area contributed by atoms with Gasteiger partial charge in [-0.3, -0.25) is 4.99 Å². The lowest BCUT2D eigenvalue weighted by Crippen LogP contribution is -2.26. The molecule has 0 atom stereocenters. The quantitative estimate of drug-likeness (QED) is 0.590. The smallest absolute Gasteiger partial charge is 0.369 e. The molecule has 0 radical (unpaired) electrons. The summed E-state index contributed by atoms with van der Waals surface area (Å²) in [6.45, 7) is 0.628. The fraction of sp³-hybridized carbons (Fsp3) is 0.385. The highest BCUT2D eigenvalue weighted by atomic mass is 19.4. The highest BCUT2D eigenvalue weighted by Gasteiger charge is 2.29.